The minimum atomic E-state index is -3.90. The van der Waals surface area contributed by atoms with Crippen molar-refractivity contribution in [3.05, 3.63) is 77.6 Å². The van der Waals surface area contributed by atoms with Gasteiger partial charge in [0.25, 0.3) is 10.0 Å². The number of sulfonamides is 1. The van der Waals surface area contributed by atoms with E-state index in [-0.39, 0.29) is 10.5 Å². The summed E-state index contributed by atoms with van der Waals surface area (Å²) < 4.78 is 29.4. The predicted octanol–water partition coefficient (Wildman–Crippen LogP) is 2.74. The number of rotatable bonds is 6. The van der Waals surface area contributed by atoms with Crippen LogP contribution in [-0.4, -0.2) is 29.3 Å². The average molecular weight is 371 g/mol. The Morgan fingerprint density at radius 1 is 1.19 bits per heavy atom. The van der Waals surface area contributed by atoms with Crippen molar-refractivity contribution in [3.8, 4) is 0 Å². The molecule has 0 aliphatic heterocycles. The summed E-state index contributed by atoms with van der Waals surface area (Å²) in [5.74, 6) is -1.17. The Balaban J connectivity index is 1.86. The molecular formula is C18H17N3O4S. The summed E-state index contributed by atoms with van der Waals surface area (Å²) in [6.45, 7) is 2.13. The van der Waals surface area contributed by atoms with Gasteiger partial charge >= 0.3 is 5.97 Å². The summed E-state index contributed by atoms with van der Waals surface area (Å²) in [5, 5.41) is 13.3. The zero-order chi connectivity index (χ0) is 18.7. The van der Waals surface area contributed by atoms with Crippen molar-refractivity contribution >= 4 is 21.7 Å². The van der Waals surface area contributed by atoms with Gasteiger partial charge in [0, 0.05) is 18.1 Å². The SMILES string of the molecule is Cc1ccc(S(=O)(=O)Nc2cccc(Cn3cccn3)c2)cc1C(=O)O. The first-order valence-corrected chi connectivity index (χ1v) is 9.26. The Morgan fingerprint density at radius 3 is 2.69 bits per heavy atom. The Labute approximate surface area is 151 Å². The Bertz CT molecular complexity index is 1040. The first kappa shape index (κ1) is 17.7. The molecule has 0 aliphatic carbocycles. The van der Waals surface area contributed by atoms with E-state index in [1.165, 1.54) is 12.1 Å². The number of carbonyl (C=O) groups is 1. The Kier molecular flexibility index (Phi) is 4.77. The number of aromatic carboxylic acids is 1. The second-order valence-corrected chi connectivity index (χ2v) is 7.47. The summed E-state index contributed by atoms with van der Waals surface area (Å²) in [6, 6.07) is 12.8. The second-order valence-electron chi connectivity index (χ2n) is 5.79. The normalized spacial score (nSPS) is 11.3. The molecule has 2 aromatic carbocycles. The van der Waals surface area contributed by atoms with Crippen LogP contribution in [0.3, 0.4) is 0 Å². The maximum atomic E-state index is 12.6. The summed E-state index contributed by atoms with van der Waals surface area (Å²) in [4.78, 5) is 11.1. The number of nitrogens with one attached hydrogen (secondary N) is 1. The lowest BCUT2D eigenvalue weighted by Gasteiger charge is -2.11. The van der Waals surface area contributed by atoms with Gasteiger partial charge in [-0.15, -0.1) is 0 Å². The molecule has 0 atom stereocenters. The quantitative estimate of drug-likeness (QED) is 0.694. The number of hydrogen-bond acceptors (Lipinski definition) is 4. The molecule has 0 fully saturated rings. The van der Waals surface area contributed by atoms with E-state index in [9.17, 15) is 18.3 Å². The van der Waals surface area contributed by atoms with E-state index in [2.05, 4.69) is 9.82 Å². The van der Waals surface area contributed by atoms with Crippen LogP contribution < -0.4 is 4.72 Å². The second kappa shape index (κ2) is 7.01. The fourth-order valence-electron chi connectivity index (χ4n) is 2.53. The van der Waals surface area contributed by atoms with Crippen LogP contribution in [0.4, 0.5) is 5.69 Å². The highest BCUT2D eigenvalue weighted by atomic mass is 32.2. The fraction of sp³-hybridized carbons (Fsp3) is 0.111. The fourth-order valence-corrected chi connectivity index (χ4v) is 3.60. The lowest BCUT2D eigenvalue weighted by molar-refractivity contribution is 0.0696. The Morgan fingerprint density at radius 2 is 2.00 bits per heavy atom. The highest BCUT2D eigenvalue weighted by molar-refractivity contribution is 7.92. The van der Waals surface area contributed by atoms with Crippen LogP contribution in [-0.2, 0) is 16.6 Å². The zero-order valence-electron chi connectivity index (χ0n) is 14.0. The van der Waals surface area contributed by atoms with E-state index in [1.807, 2.05) is 18.3 Å². The molecule has 0 bridgehead atoms. The molecule has 0 spiro atoms. The maximum Gasteiger partial charge on any atom is 0.335 e. The molecule has 26 heavy (non-hydrogen) atoms. The third-order valence-corrected chi connectivity index (χ3v) is 5.21. The first-order valence-electron chi connectivity index (χ1n) is 7.78. The van der Waals surface area contributed by atoms with E-state index in [0.29, 0.717) is 17.8 Å². The molecule has 134 valence electrons. The molecular weight excluding hydrogens is 354 g/mol. The molecule has 1 heterocycles. The standard InChI is InChI=1S/C18H17N3O4S/c1-13-6-7-16(11-17(13)18(22)23)26(24,25)20-15-5-2-4-14(10-15)12-21-9-3-8-19-21/h2-11,20H,12H2,1H3,(H,22,23). The van der Waals surface area contributed by atoms with Gasteiger partial charge in [-0.1, -0.05) is 18.2 Å². The van der Waals surface area contributed by atoms with E-state index in [4.69, 9.17) is 0 Å². The topological polar surface area (TPSA) is 101 Å². The molecule has 8 heteroatoms. The highest BCUT2D eigenvalue weighted by Gasteiger charge is 2.18. The van der Waals surface area contributed by atoms with Gasteiger partial charge in [0.2, 0.25) is 0 Å². The lowest BCUT2D eigenvalue weighted by atomic mass is 10.1. The van der Waals surface area contributed by atoms with Gasteiger partial charge in [-0.25, -0.2) is 13.2 Å². The molecule has 0 saturated carbocycles. The number of hydrogen-bond donors (Lipinski definition) is 2. The van der Waals surface area contributed by atoms with Crippen LogP contribution in [0.2, 0.25) is 0 Å². The molecule has 3 rings (SSSR count). The first-order chi connectivity index (χ1) is 12.3. The number of aromatic nitrogens is 2. The molecule has 0 amide bonds. The Hall–Kier alpha value is -3.13. The molecule has 1 aromatic heterocycles. The number of anilines is 1. The van der Waals surface area contributed by atoms with Crippen LogP contribution in [0.15, 0.2) is 65.8 Å². The largest absolute Gasteiger partial charge is 0.478 e. The molecule has 0 aliphatic rings. The van der Waals surface area contributed by atoms with Crippen molar-refractivity contribution in [2.24, 2.45) is 0 Å². The van der Waals surface area contributed by atoms with Crippen LogP contribution in [0.5, 0.6) is 0 Å². The average Bonchev–Trinajstić information content (AvgIpc) is 3.07. The van der Waals surface area contributed by atoms with E-state index < -0.39 is 16.0 Å². The highest BCUT2D eigenvalue weighted by Crippen LogP contribution is 2.20. The third kappa shape index (κ3) is 3.92. The monoisotopic (exact) mass is 371 g/mol. The molecule has 2 N–H and O–H groups in total. The van der Waals surface area contributed by atoms with Gasteiger partial charge in [0.05, 0.1) is 17.0 Å². The number of aryl methyl sites for hydroxylation is 1. The van der Waals surface area contributed by atoms with E-state index in [1.54, 1.807) is 36.0 Å². The summed E-state index contributed by atoms with van der Waals surface area (Å²) in [6.07, 6.45) is 3.49. The van der Waals surface area contributed by atoms with Gasteiger partial charge in [-0.3, -0.25) is 9.40 Å². The van der Waals surface area contributed by atoms with Crippen molar-refractivity contribution in [2.45, 2.75) is 18.4 Å². The molecule has 0 unspecified atom stereocenters. The van der Waals surface area contributed by atoms with Gasteiger partial charge < -0.3 is 5.11 Å². The van der Waals surface area contributed by atoms with E-state index in [0.717, 1.165) is 11.6 Å². The number of nitrogens with zero attached hydrogens (tertiary/aromatic N) is 2. The van der Waals surface area contributed by atoms with Crippen LogP contribution in [0.1, 0.15) is 21.5 Å². The minimum Gasteiger partial charge on any atom is -0.478 e. The van der Waals surface area contributed by atoms with Crippen molar-refractivity contribution in [1.29, 1.82) is 0 Å². The maximum absolute atomic E-state index is 12.6. The number of carboxylic acids is 1. The molecule has 0 saturated heterocycles. The van der Waals surface area contributed by atoms with Gasteiger partial charge in [-0.05, 0) is 48.4 Å². The van der Waals surface area contributed by atoms with Crippen LogP contribution in [0.25, 0.3) is 0 Å². The zero-order valence-corrected chi connectivity index (χ0v) is 14.8. The summed E-state index contributed by atoms with van der Waals surface area (Å²) >= 11 is 0. The van der Waals surface area contributed by atoms with Gasteiger partial charge in [-0.2, -0.15) is 5.10 Å². The molecule has 0 radical (unpaired) electrons. The smallest absolute Gasteiger partial charge is 0.335 e. The predicted molar refractivity (Wildman–Crippen MR) is 96.7 cm³/mol. The number of carboxylic acid groups (broad SMARTS) is 1. The number of benzene rings is 2. The minimum absolute atomic E-state index is 0.0414. The van der Waals surface area contributed by atoms with Crippen molar-refractivity contribution in [1.82, 2.24) is 9.78 Å². The van der Waals surface area contributed by atoms with Crippen molar-refractivity contribution in [3.63, 3.8) is 0 Å². The van der Waals surface area contributed by atoms with Crippen LogP contribution in [0, 0.1) is 6.92 Å². The lowest BCUT2D eigenvalue weighted by Crippen LogP contribution is -2.14. The summed E-state index contributed by atoms with van der Waals surface area (Å²) in [5.41, 5.74) is 1.73. The van der Waals surface area contributed by atoms with Crippen LogP contribution >= 0.6 is 0 Å². The van der Waals surface area contributed by atoms with Gasteiger partial charge in [0.1, 0.15) is 0 Å². The summed E-state index contributed by atoms with van der Waals surface area (Å²) in [7, 11) is -3.90. The van der Waals surface area contributed by atoms with Crippen molar-refractivity contribution in [2.75, 3.05) is 4.72 Å². The molecule has 3 aromatic rings. The molecule has 7 nitrogen and oxygen atoms in total. The van der Waals surface area contributed by atoms with Crippen molar-refractivity contribution < 1.29 is 18.3 Å². The third-order valence-electron chi connectivity index (χ3n) is 3.83. The van der Waals surface area contributed by atoms with Gasteiger partial charge in [0.15, 0.2) is 0 Å². The van der Waals surface area contributed by atoms with E-state index >= 15 is 0 Å².